The smallest absolute Gasteiger partial charge is 0.281 e. The summed E-state index contributed by atoms with van der Waals surface area (Å²) in [5.41, 5.74) is 2.90. The molecule has 0 spiro atoms. The van der Waals surface area contributed by atoms with Crippen molar-refractivity contribution < 1.29 is 9.18 Å². The number of carbonyl (C=O) groups excluding carboxylic acids is 1. The number of piperidine rings is 1. The summed E-state index contributed by atoms with van der Waals surface area (Å²) in [6.45, 7) is 7.90. The first-order valence-electron chi connectivity index (χ1n) is 12.2. The fraction of sp³-hybridized carbons (Fsp3) is 0.370. The number of H-pyrrole nitrogens is 1. The Morgan fingerprint density at radius 1 is 1.17 bits per heavy atom. The van der Waals surface area contributed by atoms with E-state index < -0.39 is 5.82 Å². The minimum atomic E-state index is -0.445. The lowest BCUT2D eigenvalue weighted by Crippen LogP contribution is -2.40. The van der Waals surface area contributed by atoms with Crippen molar-refractivity contribution in [3.05, 3.63) is 87.2 Å². The van der Waals surface area contributed by atoms with Gasteiger partial charge in [-0.25, -0.2) is 14.1 Å². The summed E-state index contributed by atoms with van der Waals surface area (Å²) in [6, 6.07) is 14.0. The van der Waals surface area contributed by atoms with E-state index in [9.17, 15) is 14.0 Å². The van der Waals surface area contributed by atoms with Crippen molar-refractivity contribution in [2.45, 2.75) is 51.5 Å². The van der Waals surface area contributed by atoms with E-state index in [0.717, 1.165) is 18.4 Å². The molecular formula is C27H29FN6O2. The Kier molecular flexibility index (Phi) is 6.15. The first-order chi connectivity index (χ1) is 17.2. The minimum absolute atomic E-state index is 0.0617. The van der Waals surface area contributed by atoms with Gasteiger partial charge in [-0.05, 0) is 47.6 Å². The number of aromatic amines is 1. The van der Waals surface area contributed by atoms with Crippen LogP contribution in [0.15, 0.2) is 53.3 Å². The Labute approximate surface area is 208 Å². The second-order valence-corrected chi connectivity index (χ2v) is 10.4. The number of amides is 1. The van der Waals surface area contributed by atoms with Crippen molar-refractivity contribution in [3.8, 4) is 0 Å². The van der Waals surface area contributed by atoms with Crippen LogP contribution in [0.2, 0.25) is 0 Å². The molecule has 1 fully saturated rings. The zero-order valence-electron chi connectivity index (χ0n) is 20.7. The van der Waals surface area contributed by atoms with Gasteiger partial charge in [0.1, 0.15) is 11.6 Å². The number of hydrogen-bond acceptors (Lipinski definition) is 5. The highest BCUT2D eigenvalue weighted by Gasteiger charge is 2.28. The summed E-state index contributed by atoms with van der Waals surface area (Å²) in [5.74, 6) is -0.314. The van der Waals surface area contributed by atoms with Gasteiger partial charge in [-0.1, -0.05) is 56.3 Å². The number of halogens is 1. The summed E-state index contributed by atoms with van der Waals surface area (Å²) in [7, 11) is 0. The average Bonchev–Trinajstić information content (AvgIpc) is 3.26. The molecule has 0 saturated carbocycles. The highest BCUT2D eigenvalue weighted by atomic mass is 19.1. The van der Waals surface area contributed by atoms with Crippen LogP contribution in [-0.2, 0) is 12.0 Å². The van der Waals surface area contributed by atoms with Gasteiger partial charge >= 0.3 is 0 Å². The van der Waals surface area contributed by atoms with Crippen molar-refractivity contribution in [2.75, 3.05) is 13.1 Å². The lowest BCUT2D eigenvalue weighted by atomic mass is 9.87. The fourth-order valence-corrected chi connectivity index (χ4v) is 4.66. The van der Waals surface area contributed by atoms with Crippen LogP contribution in [0.3, 0.4) is 0 Å². The molecular weight excluding hydrogens is 459 g/mol. The molecule has 1 amide bonds. The third kappa shape index (κ3) is 4.78. The molecule has 8 nitrogen and oxygen atoms in total. The van der Waals surface area contributed by atoms with E-state index in [1.54, 1.807) is 15.6 Å². The second kappa shape index (κ2) is 9.29. The molecule has 0 radical (unpaired) electrons. The maximum Gasteiger partial charge on any atom is 0.281 e. The number of fused-ring (bicyclic) bond motifs is 1. The van der Waals surface area contributed by atoms with Crippen LogP contribution in [0.25, 0.3) is 11.2 Å². The Hall–Kier alpha value is -3.88. The van der Waals surface area contributed by atoms with E-state index >= 15 is 0 Å². The van der Waals surface area contributed by atoms with Gasteiger partial charge in [-0.2, -0.15) is 0 Å². The number of carbonyl (C=O) groups is 1. The monoisotopic (exact) mass is 488 g/mol. The van der Waals surface area contributed by atoms with Crippen LogP contribution in [-0.4, -0.2) is 48.9 Å². The Bertz CT molecular complexity index is 1470. The summed E-state index contributed by atoms with van der Waals surface area (Å²) in [4.78, 5) is 35.0. The first kappa shape index (κ1) is 23.8. The molecule has 1 saturated heterocycles. The Balaban J connectivity index is 1.40. The van der Waals surface area contributed by atoms with Crippen molar-refractivity contribution >= 4 is 17.1 Å². The van der Waals surface area contributed by atoms with Crippen LogP contribution < -0.4 is 5.56 Å². The molecule has 3 heterocycles. The summed E-state index contributed by atoms with van der Waals surface area (Å²) in [5, 5.41) is 8.24. The Morgan fingerprint density at radius 3 is 2.67 bits per heavy atom. The third-order valence-electron chi connectivity index (χ3n) is 6.71. The largest absolute Gasteiger partial charge is 0.338 e. The first-order valence-corrected chi connectivity index (χ1v) is 12.2. The molecule has 2 aromatic carbocycles. The van der Waals surface area contributed by atoms with Crippen LogP contribution in [0.5, 0.6) is 0 Å². The van der Waals surface area contributed by atoms with Gasteiger partial charge in [0.05, 0.1) is 6.54 Å². The SMILES string of the molecule is CC(C)(C)c1ccc(Cn2nnc3c(=O)[nH]c([C@@H]4CCCN(C(=O)c5cccc(F)c5)C4)nc32)cc1. The third-order valence-corrected chi connectivity index (χ3v) is 6.71. The summed E-state index contributed by atoms with van der Waals surface area (Å²) < 4.78 is 15.3. The molecule has 2 aromatic heterocycles. The highest BCUT2D eigenvalue weighted by Crippen LogP contribution is 2.26. The second-order valence-electron chi connectivity index (χ2n) is 10.4. The number of hydrogen-bond donors (Lipinski definition) is 1. The van der Waals surface area contributed by atoms with Gasteiger partial charge in [0.25, 0.3) is 11.5 Å². The summed E-state index contributed by atoms with van der Waals surface area (Å²) in [6.07, 6.45) is 1.53. The maximum atomic E-state index is 13.6. The minimum Gasteiger partial charge on any atom is -0.338 e. The van der Waals surface area contributed by atoms with E-state index in [1.807, 2.05) is 0 Å². The van der Waals surface area contributed by atoms with Gasteiger partial charge in [-0.15, -0.1) is 5.10 Å². The standard InChI is InChI=1S/C27H29FN6O2/c1-27(2,3)20-11-9-17(10-12-20)15-34-24-22(31-32-34)25(35)30-23(29-24)19-7-5-13-33(16-19)26(36)18-6-4-8-21(28)14-18/h4,6,8-12,14,19H,5,7,13,15-16H2,1-3H3,(H,29,30,35)/t19-/m1/s1. The number of likely N-dealkylation sites (tertiary alicyclic amines) is 1. The lowest BCUT2D eigenvalue weighted by molar-refractivity contribution is 0.0704. The quantitative estimate of drug-likeness (QED) is 0.468. The van der Waals surface area contributed by atoms with Crippen molar-refractivity contribution in [3.63, 3.8) is 0 Å². The number of nitrogens with one attached hydrogen (secondary N) is 1. The predicted molar refractivity (Wildman–Crippen MR) is 134 cm³/mol. The number of rotatable bonds is 4. The molecule has 5 rings (SSSR count). The highest BCUT2D eigenvalue weighted by molar-refractivity contribution is 5.94. The normalized spacial score (nSPS) is 16.4. The molecule has 1 N–H and O–H groups in total. The Morgan fingerprint density at radius 2 is 1.94 bits per heavy atom. The van der Waals surface area contributed by atoms with E-state index in [-0.39, 0.29) is 28.3 Å². The molecule has 186 valence electrons. The molecule has 1 aliphatic rings. The van der Waals surface area contributed by atoms with Gasteiger partial charge in [0.2, 0.25) is 0 Å². The van der Waals surface area contributed by atoms with Crippen molar-refractivity contribution in [1.82, 2.24) is 29.9 Å². The van der Waals surface area contributed by atoms with Crippen molar-refractivity contribution in [1.29, 1.82) is 0 Å². The topological polar surface area (TPSA) is 96.8 Å². The molecule has 0 bridgehead atoms. The van der Waals surface area contributed by atoms with Gasteiger partial charge in [0.15, 0.2) is 11.2 Å². The van der Waals surface area contributed by atoms with E-state index in [4.69, 9.17) is 4.98 Å². The number of nitrogens with zero attached hydrogens (tertiary/aromatic N) is 5. The molecule has 4 aromatic rings. The maximum absolute atomic E-state index is 13.6. The molecule has 36 heavy (non-hydrogen) atoms. The van der Waals surface area contributed by atoms with E-state index in [0.29, 0.717) is 36.7 Å². The zero-order chi connectivity index (χ0) is 25.4. The van der Waals surface area contributed by atoms with Crippen molar-refractivity contribution in [2.24, 2.45) is 0 Å². The molecule has 0 unspecified atom stereocenters. The molecule has 9 heteroatoms. The summed E-state index contributed by atoms with van der Waals surface area (Å²) >= 11 is 0. The lowest BCUT2D eigenvalue weighted by Gasteiger charge is -2.32. The van der Waals surface area contributed by atoms with Crippen LogP contribution >= 0.6 is 0 Å². The number of aromatic nitrogens is 5. The van der Waals surface area contributed by atoms with Crippen LogP contribution in [0, 0.1) is 5.82 Å². The molecule has 0 aliphatic carbocycles. The predicted octanol–water partition coefficient (Wildman–Crippen LogP) is 4.02. The van der Waals surface area contributed by atoms with Crippen LogP contribution in [0.1, 0.15) is 66.8 Å². The van der Waals surface area contributed by atoms with E-state index in [1.165, 1.54) is 23.8 Å². The van der Waals surface area contributed by atoms with E-state index in [2.05, 4.69) is 60.3 Å². The number of benzene rings is 2. The van der Waals surface area contributed by atoms with Crippen LogP contribution in [0.4, 0.5) is 4.39 Å². The average molecular weight is 489 g/mol. The fourth-order valence-electron chi connectivity index (χ4n) is 4.66. The van der Waals surface area contributed by atoms with Gasteiger partial charge in [-0.3, -0.25) is 9.59 Å². The molecule has 1 atom stereocenters. The van der Waals surface area contributed by atoms with Gasteiger partial charge in [0, 0.05) is 24.6 Å². The molecule has 1 aliphatic heterocycles. The van der Waals surface area contributed by atoms with Gasteiger partial charge < -0.3 is 9.88 Å². The zero-order valence-corrected chi connectivity index (χ0v) is 20.7.